The minimum Gasteiger partial charge on any atom is -0.507 e. The number of hydrogen-bond acceptors (Lipinski definition) is 6. The monoisotopic (exact) mass is 323 g/mol. The van der Waals surface area contributed by atoms with Crippen LogP contribution >= 0.6 is 11.3 Å². The van der Waals surface area contributed by atoms with Crippen LogP contribution in [-0.2, 0) is 0 Å². The zero-order valence-corrected chi connectivity index (χ0v) is 12.5. The molecule has 0 aliphatic heterocycles. The molecule has 0 saturated carbocycles. The van der Waals surface area contributed by atoms with E-state index in [1.807, 2.05) is 24.3 Å². The van der Waals surface area contributed by atoms with Crippen molar-refractivity contribution < 1.29 is 14.3 Å². The fourth-order valence-corrected chi connectivity index (χ4v) is 3.42. The van der Waals surface area contributed by atoms with Crippen LogP contribution in [0.5, 0.6) is 5.75 Å². The zero-order valence-electron chi connectivity index (χ0n) is 11.6. The van der Waals surface area contributed by atoms with Gasteiger partial charge in [-0.1, -0.05) is 12.1 Å². The summed E-state index contributed by atoms with van der Waals surface area (Å²) in [5.74, 6) is -0.219. The summed E-state index contributed by atoms with van der Waals surface area (Å²) >= 11 is 1.40. The van der Waals surface area contributed by atoms with E-state index in [0.29, 0.717) is 22.2 Å². The molecule has 4 aromatic rings. The van der Waals surface area contributed by atoms with Crippen molar-refractivity contribution in [1.29, 1.82) is 0 Å². The number of thiazole rings is 1. The quantitative estimate of drug-likeness (QED) is 0.450. The van der Waals surface area contributed by atoms with Crippen LogP contribution in [0.15, 0.2) is 51.7 Å². The molecule has 112 valence electrons. The zero-order chi connectivity index (χ0) is 16.0. The Bertz CT molecular complexity index is 1090. The first-order chi connectivity index (χ1) is 11.2. The van der Waals surface area contributed by atoms with E-state index in [2.05, 4.69) is 4.98 Å². The number of aromatic nitrogens is 1. The van der Waals surface area contributed by atoms with Gasteiger partial charge in [0.05, 0.1) is 21.3 Å². The topological polar surface area (TPSA) is 80.4 Å². The lowest BCUT2D eigenvalue weighted by atomic mass is 10.1. The van der Waals surface area contributed by atoms with Gasteiger partial charge >= 0.3 is 5.63 Å². The normalized spacial score (nSPS) is 11.1. The molecule has 0 bridgehead atoms. The number of aromatic hydroxyl groups is 1. The molecule has 0 unspecified atom stereocenters. The second kappa shape index (κ2) is 5.03. The summed E-state index contributed by atoms with van der Waals surface area (Å²) in [5, 5.41) is 10.8. The molecule has 0 radical (unpaired) electrons. The fraction of sp³-hybridized carbons (Fsp3) is 0. The first-order valence-electron chi connectivity index (χ1n) is 6.78. The lowest BCUT2D eigenvalue weighted by molar-refractivity contribution is 0.112. The Labute approximate surface area is 133 Å². The summed E-state index contributed by atoms with van der Waals surface area (Å²) in [6, 6.07) is 12.2. The van der Waals surface area contributed by atoms with Crippen molar-refractivity contribution in [2.75, 3.05) is 0 Å². The highest BCUT2D eigenvalue weighted by Crippen LogP contribution is 2.31. The van der Waals surface area contributed by atoms with Crippen molar-refractivity contribution in [3.63, 3.8) is 0 Å². The highest BCUT2D eigenvalue weighted by atomic mass is 32.1. The van der Waals surface area contributed by atoms with Crippen molar-refractivity contribution in [3.05, 3.63) is 58.4 Å². The lowest BCUT2D eigenvalue weighted by Crippen LogP contribution is -2.03. The number of carbonyl (C=O) groups excluding carboxylic acids is 1. The van der Waals surface area contributed by atoms with Crippen LogP contribution in [-0.4, -0.2) is 16.4 Å². The summed E-state index contributed by atoms with van der Waals surface area (Å²) in [6.45, 7) is 0. The van der Waals surface area contributed by atoms with Gasteiger partial charge in [0, 0.05) is 5.39 Å². The molecule has 0 aliphatic carbocycles. The molecule has 23 heavy (non-hydrogen) atoms. The van der Waals surface area contributed by atoms with E-state index >= 15 is 0 Å². The number of benzene rings is 2. The van der Waals surface area contributed by atoms with Crippen LogP contribution in [0.1, 0.15) is 10.4 Å². The molecule has 4 rings (SSSR count). The van der Waals surface area contributed by atoms with Crippen molar-refractivity contribution >= 4 is 38.8 Å². The molecule has 1 N–H and O–H groups in total. The van der Waals surface area contributed by atoms with Crippen molar-refractivity contribution in [2.45, 2.75) is 0 Å². The van der Waals surface area contributed by atoms with Crippen molar-refractivity contribution in [3.8, 4) is 16.3 Å². The molecule has 5 nitrogen and oxygen atoms in total. The highest BCUT2D eigenvalue weighted by Gasteiger charge is 2.15. The summed E-state index contributed by atoms with van der Waals surface area (Å²) < 4.78 is 6.24. The lowest BCUT2D eigenvalue weighted by Gasteiger charge is -2.03. The predicted octanol–water partition coefficient (Wildman–Crippen LogP) is 3.59. The van der Waals surface area contributed by atoms with E-state index in [4.69, 9.17) is 4.42 Å². The molecule has 6 heteroatoms. The Morgan fingerprint density at radius 2 is 2.00 bits per heavy atom. The van der Waals surface area contributed by atoms with Gasteiger partial charge in [0.25, 0.3) is 0 Å². The van der Waals surface area contributed by atoms with E-state index in [1.54, 1.807) is 12.1 Å². The van der Waals surface area contributed by atoms with Crippen LogP contribution in [0, 0.1) is 0 Å². The van der Waals surface area contributed by atoms with Crippen LogP contribution < -0.4 is 5.63 Å². The van der Waals surface area contributed by atoms with Gasteiger partial charge in [0.1, 0.15) is 10.8 Å². The van der Waals surface area contributed by atoms with E-state index in [0.717, 1.165) is 10.2 Å². The third kappa shape index (κ3) is 2.11. The van der Waals surface area contributed by atoms with Crippen LogP contribution in [0.4, 0.5) is 0 Å². The summed E-state index contributed by atoms with van der Waals surface area (Å²) in [6.07, 6.45) is 0.470. The summed E-state index contributed by atoms with van der Waals surface area (Å²) in [4.78, 5) is 27.8. The SMILES string of the molecule is O=Cc1c(O)ccc2cc(-c3nc4ccccc4s3)c(=O)oc12. The summed E-state index contributed by atoms with van der Waals surface area (Å²) in [5.41, 5.74) is 0.600. The second-order valence-corrected chi connectivity index (χ2v) is 6.00. The molecule has 0 spiro atoms. The predicted molar refractivity (Wildman–Crippen MR) is 88.2 cm³/mol. The first-order valence-corrected chi connectivity index (χ1v) is 7.60. The Morgan fingerprint density at radius 3 is 2.78 bits per heavy atom. The van der Waals surface area contributed by atoms with Gasteiger partial charge in [-0.2, -0.15) is 0 Å². The molecular weight excluding hydrogens is 314 g/mol. The average molecular weight is 323 g/mol. The molecule has 0 saturated heterocycles. The molecule has 0 atom stereocenters. The Kier molecular flexibility index (Phi) is 2.99. The van der Waals surface area contributed by atoms with E-state index in [9.17, 15) is 14.7 Å². The van der Waals surface area contributed by atoms with Crippen molar-refractivity contribution in [1.82, 2.24) is 4.98 Å². The molecule has 2 aromatic carbocycles. The molecule has 0 fully saturated rings. The number of rotatable bonds is 2. The number of hydrogen-bond donors (Lipinski definition) is 1. The number of phenols is 1. The minimum atomic E-state index is -0.592. The van der Waals surface area contributed by atoms with Gasteiger partial charge < -0.3 is 9.52 Å². The Morgan fingerprint density at radius 1 is 1.17 bits per heavy atom. The largest absolute Gasteiger partial charge is 0.507 e. The van der Waals surface area contributed by atoms with Gasteiger partial charge in [-0.3, -0.25) is 4.79 Å². The van der Waals surface area contributed by atoms with Gasteiger partial charge in [-0.05, 0) is 30.3 Å². The third-order valence-corrected chi connectivity index (χ3v) is 4.63. The average Bonchev–Trinajstić information content (AvgIpc) is 2.98. The maximum atomic E-state index is 12.3. The number of fused-ring (bicyclic) bond motifs is 2. The van der Waals surface area contributed by atoms with Gasteiger partial charge in [-0.15, -0.1) is 11.3 Å². The number of nitrogens with zero attached hydrogens (tertiary/aromatic N) is 1. The Hall–Kier alpha value is -2.99. The van der Waals surface area contributed by atoms with Crippen LogP contribution in [0.3, 0.4) is 0 Å². The molecule has 2 heterocycles. The molecule has 0 amide bonds. The third-order valence-electron chi connectivity index (χ3n) is 3.56. The van der Waals surface area contributed by atoms with Gasteiger partial charge in [0.15, 0.2) is 11.9 Å². The number of phenolic OH excluding ortho intramolecular Hbond substituents is 1. The van der Waals surface area contributed by atoms with Crippen LogP contribution in [0.25, 0.3) is 31.8 Å². The molecule has 0 aliphatic rings. The second-order valence-electron chi connectivity index (χ2n) is 4.97. The first kappa shape index (κ1) is 13.7. The smallest absolute Gasteiger partial charge is 0.346 e. The molecular formula is C17H9NO4S. The van der Waals surface area contributed by atoms with Gasteiger partial charge in [0.2, 0.25) is 0 Å². The maximum absolute atomic E-state index is 12.3. The van der Waals surface area contributed by atoms with Crippen LogP contribution in [0.2, 0.25) is 0 Å². The maximum Gasteiger partial charge on any atom is 0.346 e. The number of aldehydes is 1. The fourth-order valence-electron chi connectivity index (χ4n) is 2.45. The van der Waals surface area contributed by atoms with Crippen molar-refractivity contribution in [2.24, 2.45) is 0 Å². The van der Waals surface area contributed by atoms with E-state index in [-0.39, 0.29) is 16.9 Å². The molecule has 2 aromatic heterocycles. The number of para-hydroxylation sites is 1. The van der Waals surface area contributed by atoms with E-state index < -0.39 is 5.63 Å². The number of carbonyl (C=O) groups is 1. The van der Waals surface area contributed by atoms with E-state index in [1.165, 1.54) is 17.4 Å². The minimum absolute atomic E-state index is 0.0320. The highest BCUT2D eigenvalue weighted by molar-refractivity contribution is 7.21. The standard InChI is InChI=1S/C17H9NO4S/c19-8-11-13(20)6-5-9-7-10(17(21)22-15(9)11)16-18-12-3-1-2-4-14(12)23-16/h1-8,20H. The van der Waals surface area contributed by atoms with Gasteiger partial charge in [-0.25, -0.2) is 9.78 Å². The Balaban J connectivity index is 2.01. The summed E-state index contributed by atoms with van der Waals surface area (Å²) in [7, 11) is 0.